The third kappa shape index (κ3) is 4.40. The van der Waals surface area contributed by atoms with E-state index in [9.17, 15) is 0 Å². The van der Waals surface area contributed by atoms with Crippen LogP contribution in [0.2, 0.25) is 0 Å². The van der Waals surface area contributed by atoms with Crippen LogP contribution in [0.25, 0.3) is 16.7 Å². The minimum absolute atomic E-state index is 0.0213. The highest BCUT2D eigenvalue weighted by atomic mass is 14.9. The Morgan fingerprint density at radius 1 is 0.868 bits per heavy atom. The Hall–Kier alpha value is -3.88. The minimum Gasteiger partial charge on any atom is -0.355 e. The van der Waals surface area contributed by atoms with Crippen LogP contribution in [0.4, 0.5) is 11.4 Å². The van der Waals surface area contributed by atoms with Crippen LogP contribution in [0.5, 0.6) is 0 Å². The van der Waals surface area contributed by atoms with Crippen LogP contribution in [0, 0.1) is 5.92 Å². The number of allylic oxidation sites excluding steroid dienone is 4. The summed E-state index contributed by atoms with van der Waals surface area (Å²) in [5.41, 5.74) is 19.4. The Kier molecular flexibility index (Phi) is 6.29. The van der Waals surface area contributed by atoms with E-state index in [1.54, 1.807) is 5.57 Å². The van der Waals surface area contributed by atoms with Crippen molar-refractivity contribution < 1.29 is 0 Å². The molecule has 6 rings (SSSR count). The van der Waals surface area contributed by atoms with E-state index in [0.717, 1.165) is 29.8 Å². The number of nitrogens with two attached hydrogens (primary N) is 1. The first-order valence-electron chi connectivity index (χ1n) is 13.7. The summed E-state index contributed by atoms with van der Waals surface area (Å²) >= 11 is 0. The van der Waals surface area contributed by atoms with E-state index < -0.39 is 0 Å². The van der Waals surface area contributed by atoms with Crippen LogP contribution in [-0.4, -0.2) is 0 Å². The molecular formula is C36H36N2. The average molecular weight is 497 g/mol. The standard InChI is InChI=1S/C36H36N2/c1-24-11-10-16-29-31-23-34(30(26-14-8-5-9-15-26)22-32(31)36(2,3)35(24)29)38-28-19-17-27(18-20-28)33(37)21-25-12-6-4-7-13-25/h4-10,12-20,22-24,33,38H,11,21,37H2,1-3H3/t24?,33-/m1/s1. The van der Waals surface area contributed by atoms with Crippen molar-refractivity contribution in [3.05, 3.63) is 137 Å². The summed E-state index contributed by atoms with van der Waals surface area (Å²) in [6, 6.07) is 34.6. The highest BCUT2D eigenvalue weighted by molar-refractivity contribution is 5.93. The number of hydrogen-bond donors (Lipinski definition) is 2. The van der Waals surface area contributed by atoms with Gasteiger partial charge in [-0.2, -0.15) is 0 Å². The SMILES string of the molecule is CC1CC=CC2=C1C(C)(C)c1cc(-c3ccccc3)c(Nc3ccc([C@H](N)Cc4ccccc4)cc3)cc12. The topological polar surface area (TPSA) is 38.0 Å². The predicted molar refractivity (Wildman–Crippen MR) is 162 cm³/mol. The fraction of sp³-hybridized carbons (Fsp3) is 0.222. The van der Waals surface area contributed by atoms with Crippen molar-refractivity contribution in [1.82, 2.24) is 0 Å². The van der Waals surface area contributed by atoms with Crippen LogP contribution in [0.15, 0.2) is 115 Å². The molecule has 0 amide bonds. The summed E-state index contributed by atoms with van der Waals surface area (Å²) in [5, 5.41) is 3.76. The van der Waals surface area contributed by atoms with Crippen LogP contribution in [0.3, 0.4) is 0 Å². The normalized spacial score (nSPS) is 18.2. The lowest BCUT2D eigenvalue weighted by molar-refractivity contribution is 0.530. The van der Waals surface area contributed by atoms with E-state index in [1.165, 1.54) is 33.4 Å². The Morgan fingerprint density at radius 2 is 1.55 bits per heavy atom. The smallest absolute Gasteiger partial charge is 0.0470 e. The number of benzene rings is 4. The van der Waals surface area contributed by atoms with E-state index in [0.29, 0.717) is 5.92 Å². The molecule has 0 saturated carbocycles. The van der Waals surface area contributed by atoms with E-state index in [2.05, 4.69) is 129 Å². The third-order valence-electron chi connectivity index (χ3n) is 8.35. The largest absolute Gasteiger partial charge is 0.355 e. The molecule has 0 spiro atoms. The van der Waals surface area contributed by atoms with Gasteiger partial charge >= 0.3 is 0 Å². The Morgan fingerprint density at radius 3 is 2.26 bits per heavy atom. The molecule has 0 radical (unpaired) electrons. The van der Waals surface area contributed by atoms with Gasteiger partial charge in [-0.25, -0.2) is 0 Å². The maximum absolute atomic E-state index is 6.56. The van der Waals surface area contributed by atoms with Crippen molar-refractivity contribution >= 4 is 16.9 Å². The number of fused-ring (bicyclic) bond motifs is 2. The molecule has 0 aromatic heterocycles. The Bertz CT molecular complexity index is 1510. The summed E-state index contributed by atoms with van der Waals surface area (Å²) in [6.07, 6.45) is 6.63. The van der Waals surface area contributed by atoms with Crippen LogP contribution < -0.4 is 11.1 Å². The zero-order chi connectivity index (χ0) is 26.3. The van der Waals surface area contributed by atoms with Crippen molar-refractivity contribution in [2.24, 2.45) is 11.7 Å². The first-order valence-corrected chi connectivity index (χ1v) is 13.7. The second kappa shape index (κ2) is 9.78. The van der Waals surface area contributed by atoms with Gasteiger partial charge in [0.1, 0.15) is 0 Å². The molecule has 2 nitrogen and oxygen atoms in total. The van der Waals surface area contributed by atoms with Gasteiger partial charge in [-0.05, 0) is 82.0 Å². The molecule has 4 aromatic carbocycles. The maximum Gasteiger partial charge on any atom is 0.0470 e. The summed E-state index contributed by atoms with van der Waals surface area (Å²) < 4.78 is 0. The number of nitrogens with one attached hydrogen (secondary N) is 1. The van der Waals surface area contributed by atoms with Gasteiger partial charge in [-0.15, -0.1) is 0 Å². The first-order chi connectivity index (χ1) is 18.4. The van der Waals surface area contributed by atoms with Gasteiger partial charge in [0.2, 0.25) is 0 Å². The zero-order valence-corrected chi connectivity index (χ0v) is 22.5. The summed E-state index contributed by atoms with van der Waals surface area (Å²) in [6.45, 7) is 7.15. The van der Waals surface area contributed by atoms with Crippen molar-refractivity contribution in [3.63, 3.8) is 0 Å². The highest BCUT2D eigenvalue weighted by Crippen LogP contribution is 2.54. The van der Waals surface area contributed by atoms with Crippen molar-refractivity contribution in [2.45, 2.75) is 45.1 Å². The van der Waals surface area contributed by atoms with Gasteiger partial charge in [0.05, 0.1) is 0 Å². The molecule has 2 heteroatoms. The quantitative estimate of drug-likeness (QED) is 0.279. The second-order valence-corrected chi connectivity index (χ2v) is 11.3. The molecule has 0 aliphatic heterocycles. The molecule has 190 valence electrons. The molecular weight excluding hydrogens is 460 g/mol. The molecule has 2 aliphatic rings. The van der Waals surface area contributed by atoms with Crippen LogP contribution in [0.1, 0.15) is 55.5 Å². The van der Waals surface area contributed by atoms with Gasteiger partial charge < -0.3 is 11.1 Å². The van der Waals surface area contributed by atoms with Gasteiger partial charge in [0.15, 0.2) is 0 Å². The predicted octanol–water partition coefficient (Wildman–Crippen LogP) is 8.98. The molecule has 0 fully saturated rings. The zero-order valence-electron chi connectivity index (χ0n) is 22.5. The van der Waals surface area contributed by atoms with E-state index in [4.69, 9.17) is 5.73 Å². The fourth-order valence-corrected chi connectivity index (χ4v) is 6.45. The minimum atomic E-state index is -0.0287. The Labute approximate surface area is 226 Å². The van der Waals surface area contributed by atoms with Crippen molar-refractivity contribution in [1.29, 1.82) is 0 Å². The van der Waals surface area contributed by atoms with Crippen LogP contribution in [-0.2, 0) is 11.8 Å². The monoisotopic (exact) mass is 496 g/mol. The van der Waals surface area contributed by atoms with Crippen LogP contribution >= 0.6 is 0 Å². The molecule has 3 N–H and O–H groups in total. The van der Waals surface area contributed by atoms with Gasteiger partial charge in [-0.3, -0.25) is 0 Å². The average Bonchev–Trinajstić information content (AvgIpc) is 3.16. The van der Waals surface area contributed by atoms with E-state index >= 15 is 0 Å². The third-order valence-corrected chi connectivity index (χ3v) is 8.35. The molecule has 2 aliphatic carbocycles. The molecule has 0 heterocycles. The van der Waals surface area contributed by atoms with E-state index in [-0.39, 0.29) is 11.5 Å². The second-order valence-electron chi connectivity index (χ2n) is 11.3. The van der Waals surface area contributed by atoms with Gasteiger partial charge in [0, 0.05) is 28.4 Å². The van der Waals surface area contributed by atoms with Crippen molar-refractivity contribution in [3.8, 4) is 11.1 Å². The molecule has 0 bridgehead atoms. The van der Waals surface area contributed by atoms with Gasteiger partial charge in [-0.1, -0.05) is 106 Å². The molecule has 4 aromatic rings. The Balaban J connectivity index is 1.36. The lowest BCUT2D eigenvalue weighted by Crippen LogP contribution is -2.22. The molecule has 2 atom stereocenters. The first kappa shape index (κ1) is 24.5. The summed E-state index contributed by atoms with van der Waals surface area (Å²) in [7, 11) is 0. The number of anilines is 2. The lowest BCUT2D eigenvalue weighted by Gasteiger charge is -2.30. The maximum atomic E-state index is 6.56. The van der Waals surface area contributed by atoms with Gasteiger partial charge in [0.25, 0.3) is 0 Å². The number of hydrogen-bond acceptors (Lipinski definition) is 2. The van der Waals surface area contributed by atoms with Crippen molar-refractivity contribution in [2.75, 3.05) is 5.32 Å². The fourth-order valence-electron chi connectivity index (χ4n) is 6.45. The number of rotatable bonds is 6. The summed E-state index contributed by atoms with van der Waals surface area (Å²) in [4.78, 5) is 0. The molecule has 0 saturated heterocycles. The highest BCUT2D eigenvalue weighted by Gasteiger charge is 2.40. The molecule has 38 heavy (non-hydrogen) atoms. The van der Waals surface area contributed by atoms with E-state index in [1.807, 2.05) is 6.07 Å². The summed E-state index contributed by atoms with van der Waals surface area (Å²) in [5.74, 6) is 0.557. The lowest BCUT2D eigenvalue weighted by atomic mass is 9.74. The molecule has 1 unspecified atom stereocenters.